The van der Waals surface area contributed by atoms with Gasteiger partial charge in [0.15, 0.2) is 0 Å². The molecule has 128 valence electrons. The fraction of sp³-hybridized carbons (Fsp3) is 0.632. The highest BCUT2D eigenvalue weighted by atomic mass is 16.5. The summed E-state index contributed by atoms with van der Waals surface area (Å²) in [6.07, 6.45) is 5.07. The van der Waals surface area contributed by atoms with Gasteiger partial charge in [0.25, 0.3) is 0 Å². The first-order valence-electron chi connectivity index (χ1n) is 8.47. The van der Waals surface area contributed by atoms with Gasteiger partial charge in [-0.25, -0.2) is 0 Å². The molecule has 4 nitrogen and oxygen atoms in total. The lowest BCUT2D eigenvalue weighted by atomic mass is 9.91. The Labute approximate surface area is 139 Å². The molecule has 0 aliphatic heterocycles. The third-order valence-corrected chi connectivity index (χ3v) is 5.06. The van der Waals surface area contributed by atoms with E-state index in [2.05, 4.69) is 13.0 Å². The smallest absolute Gasteiger partial charge is 0.223 e. The van der Waals surface area contributed by atoms with Crippen molar-refractivity contribution >= 4 is 5.91 Å². The molecule has 23 heavy (non-hydrogen) atoms. The molecule has 1 aliphatic carbocycles. The maximum atomic E-state index is 12.6. The number of amides is 1. The number of carbonyl (C=O) groups excluding carboxylic acids is 1. The van der Waals surface area contributed by atoms with Crippen LogP contribution in [-0.2, 0) is 9.53 Å². The Morgan fingerprint density at radius 3 is 2.57 bits per heavy atom. The number of rotatable bonds is 6. The Morgan fingerprint density at radius 1 is 1.26 bits per heavy atom. The summed E-state index contributed by atoms with van der Waals surface area (Å²) in [5.74, 6) is 1.25. The monoisotopic (exact) mass is 319 g/mol. The molecule has 0 aromatic heterocycles. The summed E-state index contributed by atoms with van der Waals surface area (Å²) < 4.78 is 10.7. The molecule has 0 heterocycles. The lowest BCUT2D eigenvalue weighted by Crippen LogP contribution is -2.40. The van der Waals surface area contributed by atoms with E-state index in [1.165, 1.54) is 0 Å². The lowest BCUT2D eigenvalue weighted by molar-refractivity contribution is -0.133. The van der Waals surface area contributed by atoms with E-state index in [9.17, 15) is 4.79 Å². The fourth-order valence-electron chi connectivity index (χ4n) is 3.34. The van der Waals surface area contributed by atoms with E-state index in [-0.39, 0.29) is 11.8 Å². The standard InChI is InChI=1S/C19H29NO3/c1-14(15-6-5-7-18(13-15)23-4)12-19(21)20(2)16-8-10-17(22-3)11-9-16/h5-7,13-14,16-17H,8-12H2,1-4H3/t14-,16?,17?/m1/s1. The molecule has 0 saturated heterocycles. The zero-order chi connectivity index (χ0) is 16.8. The third-order valence-electron chi connectivity index (χ3n) is 5.06. The molecule has 0 spiro atoms. The molecule has 1 aromatic rings. The number of hydrogen-bond acceptors (Lipinski definition) is 3. The Bertz CT molecular complexity index is 509. The highest BCUT2D eigenvalue weighted by molar-refractivity contribution is 5.77. The van der Waals surface area contributed by atoms with Gasteiger partial charge in [-0.1, -0.05) is 19.1 Å². The Hall–Kier alpha value is -1.55. The molecular formula is C19H29NO3. The van der Waals surface area contributed by atoms with Crippen LogP contribution in [0.4, 0.5) is 0 Å². The molecule has 1 fully saturated rings. The topological polar surface area (TPSA) is 38.8 Å². The highest BCUT2D eigenvalue weighted by Crippen LogP contribution is 2.27. The first-order chi connectivity index (χ1) is 11.0. The molecule has 1 saturated carbocycles. The van der Waals surface area contributed by atoms with Crippen LogP contribution in [0.1, 0.15) is 50.5 Å². The Kier molecular flexibility index (Phi) is 6.46. The van der Waals surface area contributed by atoms with E-state index in [1.807, 2.05) is 30.1 Å². The van der Waals surface area contributed by atoms with Crippen molar-refractivity contribution < 1.29 is 14.3 Å². The van der Waals surface area contributed by atoms with Gasteiger partial charge in [0, 0.05) is 26.6 Å². The number of ether oxygens (including phenoxy) is 2. The van der Waals surface area contributed by atoms with Gasteiger partial charge < -0.3 is 14.4 Å². The summed E-state index contributed by atoms with van der Waals surface area (Å²) in [5, 5.41) is 0. The second kappa shape index (κ2) is 8.34. The van der Waals surface area contributed by atoms with Crippen LogP contribution in [0, 0.1) is 0 Å². The summed E-state index contributed by atoms with van der Waals surface area (Å²) >= 11 is 0. The van der Waals surface area contributed by atoms with E-state index in [0.29, 0.717) is 18.6 Å². The Balaban J connectivity index is 1.90. The van der Waals surface area contributed by atoms with Crippen LogP contribution in [0.25, 0.3) is 0 Å². The van der Waals surface area contributed by atoms with Gasteiger partial charge in [0.05, 0.1) is 13.2 Å². The van der Waals surface area contributed by atoms with Gasteiger partial charge in [-0.2, -0.15) is 0 Å². The SMILES string of the molecule is COc1cccc([C@H](C)CC(=O)N(C)C2CCC(OC)CC2)c1. The molecular weight excluding hydrogens is 290 g/mol. The van der Waals surface area contributed by atoms with Gasteiger partial charge in [-0.3, -0.25) is 4.79 Å². The quantitative estimate of drug-likeness (QED) is 0.804. The summed E-state index contributed by atoms with van der Waals surface area (Å²) in [4.78, 5) is 14.5. The summed E-state index contributed by atoms with van der Waals surface area (Å²) in [5.41, 5.74) is 1.15. The third kappa shape index (κ3) is 4.71. The van der Waals surface area contributed by atoms with Gasteiger partial charge >= 0.3 is 0 Å². The van der Waals surface area contributed by atoms with Crippen molar-refractivity contribution in [3.8, 4) is 5.75 Å². The molecule has 1 aliphatic rings. The summed E-state index contributed by atoms with van der Waals surface area (Å²) in [7, 11) is 5.38. The molecule has 1 aromatic carbocycles. The van der Waals surface area contributed by atoms with Gasteiger partial charge in [-0.05, 0) is 49.3 Å². The fourth-order valence-corrected chi connectivity index (χ4v) is 3.34. The zero-order valence-electron chi connectivity index (χ0n) is 14.7. The maximum absolute atomic E-state index is 12.6. The van der Waals surface area contributed by atoms with Crippen molar-refractivity contribution in [1.29, 1.82) is 0 Å². The van der Waals surface area contributed by atoms with Crippen molar-refractivity contribution in [1.82, 2.24) is 4.90 Å². The van der Waals surface area contributed by atoms with Crippen LogP contribution in [0.5, 0.6) is 5.75 Å². The van der Waals surface area contributed by atoms with Gasteiger partial charge in [0.2, 0.25) is 5.91 Å². The number of carbonyl (C=O) groups is 1. The van der Waals surface area contributed by atoms with E-state index in [1.54, 1.807) is 14.2 Å². The van der Waals surface area contributed by atoms with Crippen molar-refractivity contribution in [3.05, 3.63) is 29.8 Å². The highest BCUT2D eigenvalue weighted by Gasteiger charge is 2.27. The molecule has 0 unspecified atom stereocenters. The first kappa shape index (κ1) is 17.8. The molecule has 0 bridgehead atoms. The van der Waals surface area contributed by atoms with E-state index < -0.39 is 0 Å². The van der Waals surface area contributed by atoms with Crippen LogP contribution in [0.2, 0.25) is 0 Å². The number of nitrogens with zero attached hydrogens (tertiary/aromatic N) is 1. The minimum absolute atomic E-state index is 0.190. The molecule has 1 atom stereocenters. The van der Waals surface area contributed by atoms with Crippen LogP contribution >= 0.6 is 0 Å². The zero-order valence-corrected chi connectivity index (χ0v) is 14.7. The maximum Gasteiger partial charge on any atom is 0.223 e. The predicted molar refractivity (Wildman–Crippen MR) is 91.8 cm³/mol. The van der Waals surface area contributed by atoms with Crippen molar-refractivity contribution in [3.63, 3.8) is 0 Å². The van der Waals surface area contributed by atoms with E-state index >= 15 is 0 Å². The minimum atomic E-state index is 0.190. The van der Waals surface area contributed by atoms with E-state index in [0.717, 1.165) is 37.0 Å². The first-order valence-corrected chi connectivity index (χ1v) is 8.47. The predicted octanol–water partition coefficient (Wildman–Crippen LogP) is 3.60. The van der Waals surface area contributed by atoms with Crippen molar-refractivity contribution in [2.24, 2.45) is 0 Å². The van der Waals surface area contributed by atoms with Crippen LogP contribution in [0.3, 0.4) is 0 Å². The molecule has 0 radical (unpaired) electrons. The van der Waals surface area contributed by atoms with Crippen molar-refractivity contribution in [2.45, 2.75) is 57.1 Å². The van der Waals surface area contributed by atoms with Crippen LogP contribution in [0.15, 0.2) is 24.3 Å². The minimum Gasteiger partial charge on any atom is -0.497 e. The largest absolute Gasteiger partial charge is 0.497 e. The average Bonchev–Trinajstić information content (AvgIpc) is 2.61. The average molecular weight is 319 g/mol. The molecule has 2 rings (SSSR count). The van der Waals surface area contributed by atoms with Gasteiger partial charge in [-0.15, -0.1) is 0 Å². The Morgan fingerprint density at radius 2 is 1.96 bits per heavy atom. The number of methoxy groups -OCH3 is 2. The molecule has 1 amide bonds. The normalized spacial score (nSPS) is 22.4. The summed E-state index contributed by atoms with van der Waals surface area (Å²) in [6.45, 7) is 2.10. The van der Waals surface area contributed by atoms with Crippen molar-refractivity contribution in [2.75, 3.05) is 21.3 Å². The van der Waals surface area contributed by atoms with Crippen LogP contribution < -0.4 is 4.74 Å². The second-order valence-electron chi connectivity index (χ2n) is 6.55. The van der Waals surface area contributed by atoms with Gasteiger partial charge in [0.1, 0.15) is 5.75 Å². The molecule has 0 N–H and O–H groups in total. The number of hydrogen-bond donors (Lipinski definition) is 0. The lowest BCUT2D eigenvalue weighted by Gasteiger charge is -2.34. The van der Waals surface area contributed by atoms with Crippen LogP contribution in [-0.4, -0.2) is 44.2 Å². The van der Waals surface area contributed by atoms with E-state index in [4.69, 9.17) is 9.47 Å². The summed E-state index contributed by atoms with van der Waals surface area (Å²) in [6, 6.07) is 8.33. The second-order valence-corrected chi connectivity index (χ2v) is 6.55. The molecule has 4 heteroatoms. The number of benzene rings is 1.